The summed E-state index contributed by atoms with van der Waals surface area (Å²) in [4.78, 5) is 9.45. The molecule has 8 heteroatoms. The molecule has 0 saturated carbocycles. The zero-order valence-corrected chi connectivity index (χ0v) is 19.1. The van der Waals surface area contributed by atoms with Crippen molar-refractivity contribution in [2.45, 2.75) is 20.4 Å². The Bertz CT molecular complexity index is 966. The van der Waals surface area contributed by atoms with Crippen molar-refractivity contribution in [3.05, 3.63) is 65.4 Å². The predicted molar refractivity (Wildman–Crippen MR) is 124 cm³/mol. The van der Waals surface area contributed by atoms with Crippen LogP contribution in [0.15, 0.2) is 42.6 Å². The third kappa shape index (κ3) is 4.94. The van der Waals surface area contributed by atoms with E-state index in [0.29, 0.717) is 0 Å². The number of benzene rings is 1. The molecule has 1 aliphatic rings. The second kappa shape index (κ2) is 10.2. The lowest BCUT2D eigenvalue weighted by Gasteiger charge is -2.36. The molecule has 0 aliphatic carbocycles. The summed E-state index contributed by atoms with van der Waals surface area (Å²) in [5.74, 6) is 0.756. The zero-order valence-electron chi connectivity index (χ0n) is 17.5. The molecule has 4 rings (SSSR count). The Morgan fingerprint density at radius 1 is 0.967 bits per heavy atom. The normalized spacial score (nSPS) is 14.2. The van der Waals surface area contributed by atoms with Gasteiger partial charge >= 0.3 is 0 Å². The van der Waals surface area contributed by atoms with Gasteiger partial charge in [0.25, 0.3) is 0 Å². The van der Waals surface area contributed by atoms with Crippen molar-refractivity contribution in [2.75, 3.05) is 31.1 Å². The van der Waals surface area contributed by atoms with Crippen LogP contribution >= 0.6 is 24.8 Å². The molecule has 0 radical (unpaired) electrons. The Labute approximate surface area is 189 Å². The van der Waals surface area contributed by atoms with Gasteiger partial charge in [0, 0.05) is 62.8 Å². The van der Waals surface area contributed by atoms with Crippen LogP contribution in [0, 0.1) is 19.7 Å². The molecule has 3 heterocycles. The molecule has 1 aliphatic heterocycles. The average molecular weight is 452 g/mol. The van der Waals surface area contributed by atoms with Crippen molar-refractivity contribution in [3.63, 3.8) is 0 Å². The Kier molecular flexibility index (Phi) is 8.24. The third-order valence-corrected chi connectivity index (χ3v) is 5.65. The molecule has 3 aromatic rings. The maximum Gasteiger partial charge on any atom is 0.136 e. The Morgan fingerprint density at radius 2 is 1.63 bits per heavy atom. The minimum Gasteiger partial charge on any atom is -0.354 e. The first-order chi connectivity index (χ1) is 13.5. The molecule has 1 saturated heterocycles. The summed E-state index contributed by atoms with van der Waals surface area (Å²) in [7, 11) is 2.00. The van der Waals surface area contributed by atoms with Crippen LogP contribution in [0.2, 0.25) is 0 Å². The number of aryl methyl sites for hydroxylation is 2. The largest absolute Gasteiger partial charge is 0.354 e. The summed E-state index contributed by atoms with van der Waals surface area (Å²) >= 11 is 0. The molecule has 1 fully saturated rings. The Hall–Kier alpha value is -2.15. The van der Waals surface area contributed by atoms with Gasteiger partial charge in [0.2, 0.25) is 0 Å². The number of aromatic nitrogens is 3. The van der Waals surface area contributed by atoms with Crippen LogP contribution in [0.5, 0.6) is 0 Å². The minimum atomic E-state index is -0.219. The lowest BCUT2D eigenvalue weighted by molar-refractivity contribution is 0.248. The van der Waals surface area contributed by atoms with E-state index in [1.807, 2.05) is 36.1 Å². The maximum atomic E-state index is 13.3. The maximum absolute atomic E-state index is 13.3. The van der Waals surface area contributed by atoms with Crippen LogP contribution < -0.4 is 4.90 Å². The molecule has 0 unspecified atom stereocenters. The van der Waals surface area contributed by atoms with Crippen molar-refractivity contribution in [2.24, 2.45) is 7.05 Å². The first-order valence-electron chi connectivity index (χ1n) is 9.70. The van der Waals surface area contributed by atoms with Crippen LogP contribution in [0.1, 0.15) is 17.0 Å². The first kappa shape index (κ1) is 24.1. The smallest absolute Gasteiger partial charge is 0.136 e. The highest BCUT2D eigenvalue weighted by Gasteiger charge is 2.22. The van der Waals surface area contributed by atoms with Gasteiger partial charge in [-0.05, 0) is 43.7 Å². The standard InChI is InChI=1S/C22H26FN5.2ClH/c1-16-21(17(2)26(3)25-16)15-27-11-13-28(14-12-27)22-20(5-4-10-24-22)18-6-8-19(23)9-7-18;;/h4-10H,11-15H2,1-3H3;2*1H. The lowest BCUT2D eigenvalue weighted by atomic mass is 10.1. The van der Waals surface area contributed by atoms with Gasteiger partial charge in [-0.15, -0.1) is 24.8 Å². The molecule has 5 nitrogen and oxygen atoms in total. The highest BCUT2D eigenvalue weighted by Crippen LogP contribution is 2.29. The lowest BCUT2D eigenvalue weighted by Crippen LogP contribution is -2.46. The van der Waals surface area contributed by atoms with Crippen molar-refractivity contribution < 1.29 is 4.39 Å². The Morgan fingerprint density at radius 3 is 2.23 bits per heavy atom. The topological polar surface area (TPSA) is 37.2 Å². The monoisotopic (exact) mass is 451 g/mol. The highest BCUT2D eigenvalue weighted by molar-refractivity contribution is 5.85. The fraction of sp³-hybridized carbons (Fsp3) is 0.364. The van der Waals surface area contributed by atoms with E-state index in [2.05, 4.69) is 39.8 Å². The first-order valence-corrected chi connectivity index (χ1v) is 9.70. The summed E-state index contributed by atoms with van der Waals surface area (Å²) in [5, 5.41) is 4.53. The van der Waals surface area contributed by atoms with Gasteiger partial charge in [0.1, 0.15) is 11.6 Å². The Balaban J connectivity index is 0.00000160. The fourth-order valence-corrected chi connectivity index (χ4v) is 3.89. The van der Waals surface area contributed by atoms with Crippen molar-refractivity contribution in [3.8, 4) is 11.1 Å². The van der Waals surface area contributed by atoms with E-state index < -0.39 is 0 Å². The fourth-order valence-electron chi connectivity index (χ4n) is 3.89. The van der Waals surface area contributed by atoms with Crippen molar-refractivity contribution >= 4 is 30.6 Å². The van der Waals surface area contributed by atoms with Gasteiger partial charge in [-0.1, -0.05) is 12.1 Å². The van der Waals surface area contributed by atoms with Gasteiger partial charge in [-0.25, -0.2) is 9.37 Å². The number of hydrogen-bond acceptors (Lipinski definition) is 4. The SMILES string of the molecule is Cc1nn(C)c(C)c1CN1CCN(c2ncccc2-c2ccc(F)cc2)CC1.Cl.Cl. The minimum absolute atomic E-state index is 0. The number of piperazine rings is 1. The van der Waals surface area contributed by atoms with Gasteiger partial charge in [-0.2, -0.15) is 5.10 Å². The molecule has 2 aromatic heterocycles. The van der Waals surface area contributed by atoms with E-state index in [1.165, 1.54) is 23.4 Å². The van der Waals surface area contributed by atoms with Gasteiger partial charge in [0.05, 0.1) is 5.69 Å². The van der Waals surface area contributed by atoms with Crippen molar-refractivity contribution in [1.29, 1.82) is 0 Å². The molecule has 0 spiro atoms. The van der Waals surface area contributed by atoms with E-state index >= 15 is 0 Å². The molecule has 0 bridgehead atoms. The molecule has 30 heavy (non-hydrogen) atoms. The summed E-state index contributed by atoms with van der Waals surface area (Å²) in [5.41, 5.74) is 5.73. The number of hydrogen-bond donors (Lipinski definition) is 0. The number of anilines is 1. The molecule has 0 amide bonds. The van der Waals surface area contributed by atoms with E-state index in [4.69, 9.17) is 0 Å². The van der Waals surface area contributed by atoms with E-state index in [-0.39, 0.29) is 30.6 Å². The van der Waals surface area contributed by atoms with Crippen LogP contribution in [-0.4, -0.2) is 45.8 Å². The van der Waals surface area contributed by atoms with Crippen molar-refractivity contribution in [1.82, 2.24) is 19.7 Å². The summed E-state index contributed by atoms with van der Waals surface area (Å²) in [6.07, 6.45) is 1.83. The zero-order chi connectivity index (χ0) is 19.7. The molecule has 162 valence electrons. The van der Waals surface area contributed by atoms with E-state index in [9.17, 15) is 4.39 Å². The molecular formula is C22H28Cl2FN5. The van der Waals surface area contributed by atoms with Crippen LogP contribution in [0.3, 0.4) is 0 Å². The van der Waals surface area contributed by atoms with Crippen LogP contribution in [0.25, 0.3) is 11.1 Å². The van der Waals surface area contributed by atoms with E-state index in [0.717, 1.165) is 55.4 Å². The number of nitrogens with zero attached hydrogens (tertiary/aromatic N) is 5. The van der Waals surface area contributed by atoms with E-state index in [1.54, 1.807) is 0 Å². The van der Waals surface area contributed by atoms with Crippen LogP contribution in [-0.2, 0) is 13.6 Å². The second-order valence-electron chi connectivity index (χ2n) is 7.42. The summed E-state index contributed by atoms with van der Waals surface area (Å²) in [6, 6.07) is 10.6. The number of halogens is 3. The van der Waals surface area contributed by atoms with Gasteiger partial charge < -0.3 is 4.90 Å². The number of rotatable bonds is 4. The number of pyridine rings is 1. The second-order valence-corrected chi connectivity index (χ2v) is 7.42. The van der Waals surface area contributed by atoms with Gasteiger partial charge in [-0.3, -0.25) is 9.58 Å². The molecule has 1 aromatic carbocycles. The molecule has 0 N–H and O–H groups in total. The van der Waals surface area contributed by atoms with Gasteiger partial charge in [0.15, 0.2) is 0 Å². The quantitative estimate of drug-likeness (QED) is 0.588. The summed E-state index contributed by atoms with van der Waals surface area (Å²) < 4.78 is 15.3. The average Bonchev–Trinajstić information content (AvgIpc) is 2.95. The molecular weight excluding hydrogens is 424 g/mol. The summed E-state index contributed by atoms with van der Waals surface area (Å²) in [6.45, 7) is 8.95. The van der Waals surface area contributed by atoms with Crippen LogP contribution in [0.4, 0.5) is 10.2 Å². The molecule has 0 atom stereocenters. The third-order valence-electron chi connectivity index (χ3n) is 5.65. The predicted octanol–water partition coefficient (Wildman–Crippen LogP) is 4.40. The highest BCUT2D eigenvalue weighted by atomic mass is 35.5.